The molecule has 0 unspecified atom stereocenters. The van der Waals surface area contributed by atoms with Crippen LogP contribution in [-0.4, -0.2) is 27.3 Å². The molecule has 0 atom stereocenters. The number of thiophene rings is 1. The zero-order valence-electron chi connectivity index (χ0n) is 14.6. The first-order chi connectivity index (χ1) is 13.7. The topological polar surface area (TPSA) is 78.4 Å². The average molecular weight is 409 g/mol. The fourth-order valence-electron chi connectivity index (χ4n) is 2.49. The summed E-state index contributed by atoms with van der Waals surface area (Å²) < 4.78 is 5.38. The van der Waals surface area contributed by atoms with E-state index in [1.165, 1.54) is 11.8 Å². The van der Waals surface area contributed by atoms with Gasteiger partial charge in [-0.1, -0.05) is 6.07 Å². The molecule has 28 heavy (non-hydrogen) atoms. The van der Waals surface area contributed by atoms with E-state index in [2.05, 4.69) is 10.2 Å². The number of nitrogens with zero attached hydrogens (tertiary/aromatic N) is 3. The van der Waals surface area contributed by atoms with Crippen molar-refractivity contribution in [1.82, 2.24) is 4.90 Å². The lowest BCUT2D eigenvalue weighted by Crippen LogP contribution is -2.28. The molecule has 0 saturated carbocycles. The maximum absolute atomic E-state index is 12.9. The summed E-state index contributed by atoms with van der Waals surface area (Å²) in [5.41, 5.74) is 0.795. The van der Waals surface area contributed by atoms with Gasteiger partial charge in [-0.3, -0.25) is 9.69 Å². The van der Waals surface area contributed by atoms with Crippen molar-refractivity contribution in [3.8, 4) is 5.75 Å². The second-order valence-corrected chi connectivity index (χ2v) is 7.80. The minimum Gasteiger partial charge on any atom is -0.508 e. The highest BCUT2D eigenvalue weighted by Crippen LogP contribution is 2.34. The van der Waals surface area contributed by atoms with Crippen LogP contribution in [0, 0.1) is 0 Å². The van der Waals surface area contributed by atoms with E-state index in [9.17, 15) is 9.90 Å². The van der Waals surface area contributed by atoms with E-state index in [0.717, 1.165) is 10.4 Å². The van der Waals surface area contributed by atoms with Gasteiger partial charge in [0.25, 0.3) is 5.91 Å². The summed E-state index contributed by atoms with van der Waals surface area (Å²) >= 11 is 2.85. The fourth-order valence-corrected chi connectivity index (χ4v) is 4.15. The maximum atomic E-state index is 12.9. The number of benzene rings is 1. The first-order valence-corrected chi connectivity index (χ1v) is 10.1. The van der Waals surface area contributed by atoms with Gasteiger partial charge in [-0.05, 0) is 71.2 Å². The summed E-state index contributed by atoms with van der Waals surface area (Å²) in [5.74, 6) is 0.725. The molecule has 2 aromatic heterocycles. The zero-order chi connectivity index (χ0) is 19.3. The monoisotopic (exact) mass is 409 g/mol. The van der Waals surface area contributed by atoms with Crippen LogP contribution in [-0.2, 0) is 11.3 Å². The van der Waals surface area contributed by atoms with Crippen LogP contribution in [0.25, 0.3) is 6.08 Å². The number of thioether (sulfide) groups is 1. The van der Waals surface area contributed by atoms with E-state index in [4.69, 9.17) is 4.42 Å². The second kappa shape index (κ2) is 8.28. The molecule has 3 heterocycles. The number of hydrogen-bond donors (Lipinski definition) is 1. The van der Waals surface area contributed by atoms with Crippen LogP contribution >= 0.6 is 23.1 Å². The Balaban J connectivity index is 1.60. The van der Waals surface area contributed by atoms with Crippen LogP contribution in [0.1, 0.15) is 16.2 Å². The van der Waals surface area contributed by atoms with Crippen LogP contribution in [0.5, 0.6) is 5.75 Å². The summed E-state index contributed by atoms with van der Waals surface area (Å²) in [6.07, 6.45) is 5.01. The molecule has 0 aliphatic carbocycles. The van der Waals surface area contributed by atoms with Gasteiger partial charge in [-0.15, -0.1) is 16.4 Å². The van der Waals surface area contributed by atoms with Gasteiger partial charge >= 0.3 is 0 Å². The van der Waals surface area contributed by atoms with Crippen molar-refractivity contribution >= 4 is 46.5 Å². The van der Waals surface area contributed by atoms with Crippen LogP contribution in [0.4, 0.5) is 0 Å². The lowest BCUT2D eigenvalue weighted by Gasteiger charge is -2.12. The number of phenolic OH excluding ortho intramolecular Hbond substituents is 1. The molecule has 0 radical (unpaired) electrons. The number of rotatable bonds is 5. The maximum Gasteiger partial charge on any atom is 0.267 e. The predicted molar refractivity (Wildman–Crippen MR) is 112 cm³/mol. The van der Waals surface area contributed by atoms with Crippen LogP contribution < -0.4 is 0 Å². The smallest absolute Gasteiger partial charge is 0.267 e. The highest BCUT2D eigenvalue weighted by Gasteiger charge is 2.34. The molecule has 1 amide bonds. The molecule has 6 nitrogen and oxygen atoms in total. The molecule has 0 bridgehead atoms. The van der Waals surface area contributed by atoms with E-state index >= 15 is 0 Å². The Labute approximate surface area is 169 Å². The third-order valence-electron chi connectivity index (χ3n) is 3.84. The molecule has 0 spiro atoms. The lowest BCUT2D eigenvalue weighted by molar-refractivity contribution is -0.122. The third-order valence-corrected chi connectivity index (χ3v) is 5.66. The molecule has 1 fully saturated rings. The van der Waals surface area contributed by atoms with Crippen molar-refractivity contribution in [3.63, 3.8) is 0 Å². The van der Waals surface area contributed by atoms with E-state index in [1.807, 2.05) is 29.7 Å². The lowest BCUT2D eigenvalue weighted by atomic mass is 10.2. The van der Waals surface area contributed by atoms with Gasteiger partial charge in [0.15, 0.2) is 5.17 Å². The number of amidine groups is 1. The standard InChI is InChI=1S/C20H15N3O3S2/c24-15-7-5-14(6-8-15)12-21-22-20-23(13-16-3-1-9-26-16)19(25)18(28-20)11-17-4-2-10-27-17/h1-12,24H,13H2/b18-11-,21-12-,22-20+. The fraction of sp³-hybridized carbons (Fsp3) is 0.0500. The Hall–Kier alpha value is -3.10. The highest BCUT2D eigenvalue weighted by molar-refractivity contribution is 8.18. The molecular weight excluding hydrogens is 394 g/mol. The predicted octanol–water partition coefficient (Wildman–Crippen LogP) is 4.55. The molecular formula is C20H15N3O3S2. The first-order valence-electron chi connectivity index (χ1n) is 8.36. The molecule has 140 valence electrons. The van der Waals surface area contributed by atoms with Gasteiger partial charge in [0, 0.05) is 4.88 Å². The molecule has 1 aromatic carbocycles. The summed E-state index contributed by atoms with van der Waals surface area (Å²) in [7, 11) is 0. The molecule has 1 aliphatic rings. The number of carbonyl (C=O) groups excluding carboxylic acids is 1. The number of phenols is 1. The minimum atomic E-state index is -0.131. The number of hydrogen-bond acceptors (Lipinski definition) is 7. The molecule has 1 saturated heterocycles. The average Bonchev–Trinajstić information content (AvgIpc) is 3.44. The largest absolute Gasteiger partial charge is 0.508 e. The number of amides is 1. The number of carbonyl (C=O) groups is 1. The zero-order valence-corrected chi connectivity index (χ0v) is 16.2. The van der Waals surface area contributed by atoms with Crippen molar-refractivity contribution in [2.45, 2.75) is 6.54 Å². The summed E-state index contributed by atoms with van der Waals surface area (Å²) in [5, 5.41) is 20.1. The van der Waals surface area contributed by atoms with Crippen LogP contribution in [0.3, 0.4) is 0 Å². The van der Waals surface area contributed by atoms with Crippen LogP contribution in [0.15, 0.2) is 79.7 Å². The molecule has 1 aliphatic heterocycles. The van der Waals surface area contributed by atoms with E-state index < -0.39 is 0 Å². The number of furan rings is 1. The van der Waals surface area contributed by atoms with Crippen molar-refractivity contribution in [3.05, 3.63) is 81.3 Å². The quantitative estimate of drug-likeness (QED) is 0.381. The highest BCUT2D eigenvalue weighted by atomic mass is 32.2. The van der Waals surface area contributed by atoms with Crippen molar-refractivity contribution in [2.75, 3.05) is 0 Å². The Bertz CT molecular complexity index is 1040. The van der Waals surface area contributed by atoms with Gasteiger partial charge in [0.2, 0.25) is 0 Å². The van der Waals surface area contributed by atoms with Gasteiger partial charge in [0.1, 0.15) is 11.5 Å². The Kier molecular flexibility index (Phi) is 5.41. The summed E-state index contributed by atoms with van der Waals surface area (Å²) in [4.78, 5) is 16.0. The third kappa shape index (κ3) is 4.24. The van der Waals surface area contributed by atoms with Gasteiger partial charge in [-0.25, -0.2) is 0 Å². The molecule has 4 rings (SSSR count). The number of aromatic hydroxyl groups is 1. The van der Waals surface area contributed by atoms with Crippen molar-refractivity contribution < 1.29 is 14.3 Å². The Morgan fingerprint density at radius 1 is 1.14 bits per heavy atom. The first kappa shape index (κ1) is 18.3. The SMILES string of the molecule is O=C1/C(=C/c2cccs2)S/C(=N/N=C\c2ccc(O)cc2)N1Cc1ccco1. The summed E-state index contributed by atoms with van der Waals surface area (Å²) in [6.45, 7) is 0.286. The minimum absolute atomic E-state index is 0.131. The molecule has 8 heteroatoms. The van der Waals surface area contributed by atoms with Gasteiger partial charge in [0.05, 0.1) is 23.9 Å². The van der Waals surface area contributed by atoms with Crippen molar-refractivity contribution in [1.29, 1.82) is 0 Å². The summed E-state index contributed by atoms with van der Waals surface area (Å²) in [6, 6.07) is 14.1. The molecule has 1 N–H and O–H groups in total. The Morgan fingerprint density at radius 3 is 2.71 bits per heavy atom. The van der Waals surface area contributed by atoms with E-state index in [-0.39, 0.29) is 18.2 Å². The van der Waals surface area contributed by atoms with Crippen LogP contribution in [0.2, 0.25) is 0 Å². The second-order valence-electron chi connectivity index (χ2n) is 5.82. The Morgan fingerprint density at radius 2 is 2.00 bits per heavy atom. The van der Waals surface area contributed by atoms with Crippen molar-refractivity contribution in [2.24, 2.45) is 10.2 Å². The normalized spacial score (nSPS) is 17.4. The van der Waals surface area contributed by atoms with E-state index in [0.29, 0.717) is 15.8 Å². The van der Waals surface area contributed by atoms with Gasteiger partial charge in [-0.2, -0.15) is 5.10 Å². The van der Waals surface area contributed by atoms with E-state index in [1.54, 1.807) is 59.0 Å². The van der Waals surface area contributed by atoms with Gasteiger partial charge < -0.3 is 9.52 Å². The molecule has 3 aromatic rings.